The Hall–Kier alpha value is -2.31. The zero-order chi connectivity index (χ0) is 15.4. The molecule has 0 aliphatic carbocycles. The van der Waals surface area contributed by atoms with Crippen molar-refractivity contribution >= 4 is 5.69 Å². The van der Waals surface area contributed by atoms with Gasteiger partial charge in [0.05, 0.1) is 0 Å². The lowest BCUT2D eigenvalue weighted by molar-refractivity contribution is -0.0498. The van der Waals surface area contributed by atoms with Crippen molar-refractivity contribution in [2.75, 3.05) is 5.32 Å². The minimum absolute atomic E-state index is 0.00769. The number of benzene rings is 2. The minimum Gasteiger partial charge on any atom is -0.435 e. The van der Waals surface area contributed by atoms with Gasteiger partial charge in [-0.1, -0.05) is 6.07 Å². The fourth-order valence-electron chi connectivity index (χ4n) is 1.70. The first-order chi connectivity index (χ1) is 9.95. The van der Waals surface area contributed by atoms with Crippen LogP contribution in [0.2, 0.25) is 0 Å². The fraction of sp³-hybridized carbons (Fsp3) is 0.143. The van der Waals surface area contributed by atoms with Crippen molar-refractivity contribution in [3.63, 3.8) is 0 Å². The highest BCUT2D eigenvalue weighted by molar-refractivity contribution is 5.48. The number of halogens is 5. The second-order valence-corrected chi connectivity index (χ2v) is 4.13. The average molecular weight is 303 g/mol. The number of hydrogen-bond acceptors (Lipinski definition) is 2. The zero-order valence-electron chi connectivity index (χ0n) is 10.5. The second kappa shape index (κ2) is 6.43. The Morgan fingerprint density at radius 1 is 1.00 bits per heavy atom. The van der Waals surface area contributed by atoms with Gasteiger partial charge in [0.2, 0.25) is 0 Å². The van der Waals surface area contributed by atoms with Crippen LogP contribution in [-0.2, 0) is 6.54 Å². The Morgan fingerprint density at radius 2 is 1.67 bits per heavy atom. The van der Waals surface area contributed by atoms with Crippen LogP contribution in [0.5, 0.6) is 5.75 Å². The normalized spacial score (nSPS) is 10.8. The van der Waals surface area contributed by atoms with Crippen molar-refractivity contribution < 1.29 is 26.7 Å². The first-order valence-electron chi connectivity index (χ1n) is 5.88. The second-order valence-electron chi connectivity index (χ2n) is 4.13. The highest BCUT2D eigenvalue weighted by atomic mass is 19.3. The molecule has 0 spiro atoms. The van der Waals surface area contributed by atoms with E-state index in [1.54, 1.807) is 6.07 Å². The molecule has 7 heteroatoms. The van der Waals surface area contributed by atoms with E-state index >= 15 is 0 Å². The molecule has 0 unspecified atom stereocenters. The Balaban J connectivity index is 2.06. The SMILES string of the molecule is Fc1cc(CNc2cccc(OC(F)F)c2)cc(F)c1F. The first kappa shape index (κ1) is 15.1. The smallest absolute Gasteiger partial charge is 0.387 e. The summed E-state index contributed by atoms with van der Waals surface area (Å²) in [5.74, 6) is -4.17. The molecule has 0 atom stereocenters. The van der Waals surface area contributed by atoms with Crippen LogP contribution in [0, 0.1) is 17.5 Å². The third kappa shape index (κ3) is 4.08. The van der Waals surface area contributed by atoms with E-state index in [1.807, 2.05) is 0 Å². The van der Waals surface area contributed by atoms with Gasteiger partial charge in [-0.25, -0.2) is 13.2 Å². The van der Waals surface area contributed by atoms with Gasteiger partial charge in [0.25, 0.3) is 0 Å². The van der Waals surface area contributed by atoms with E-state index in [4.69, 9.17) is 0 Å². The molecular formula is C14H10F5NO. The Morgan fingerprint density at radius 3 is 2.29 bits per heavy atom. The monoisotopic (exact) mass is 303 g/mol. The summed E-state index contributed by atoms with van der Waals surface area (Å²) >= 11 is 0. The molecule has 0 amide bonds. The molecule has 112 valence electrons. The molecule has 2 aromatic rings. The number of rotatable bonds is 5. The van der Waals surface area contributed by atoms with E-state index < -0.39 is 24.1 Å². The summed E-state index contributed by atoms with van der Waals surface area (Å²) in [6.45, 7) is -2.95. The maximum Gasteiger partial charge on any atom is 0.387 e. The Labute approximate surface area is 117 Å². The molecule has 21 heavy (non-hydrogen) atoms. The van der Waals surface area contributed by atoms with Gasteiger partial charge in [-0.05, 0) is 29.8 Å². The number of ether oxygens (including phenoxy) is 1. The molecule has 0 aliphatic heterocycles. The molecule has 0 saturated heterocycles. The van der Waals surface area contributed by atoms with Crippen LogP contribution in [0.3, 0.4) is 0 Å². The Bertz CT molecular complexity index is 610. The van der Waals surface area contributed by atoms with Crippen molar-refractivity contribution in [1.29, 1.82) is 0 Å². The number of anilines is 1. The predicted molar refractivity (Wildman–Crippen MR) is 66.7 cm³/mol. The summed E-state index contributed by atoms with van der Waals surface area (Å²) < 4.78 is 67.2. The van der Waals surface area contributed by atoms with Crippen molar-refractivity contribution in [2.24, 2.45) is 0 Å². The van der Waals surface area contributed by atoms with Gasteiger partial charge in [-0.3, -0.25) is 0 Å². The molecule has 0 heterocycles. The predicted octanol–water partition coefficient (Wildman–Crippen LogP) is 4.32. The highest BCUT2D eigenvalue weighted by Crippen LogP contribution is 2.20. The molecule has 0 bridgehead atoms. The van der Waals surface area contributed by atoms with Crippen molar-refractivity contribution in [1.82, 2.24) is 0 Å². The standard InChI is InChI=1S/C14H10F5NO/c15-11-4-8(5-12(16)13(11)17)7-20-9-2-1-3-10(6-9)21-14(18)19/h1-6,14,20H,7H2. The van der Waals surface area contributed by atoms with E-state index in [1.165, 1.54) is 18.2 Å². The van der Waals surface area contributed by atoms with Crippen LogP contribution in [0.4, 0.5) is 27.6 Å². The summed E-state index contributed by atoms with van der Waals surface area (Å²) in [6.07, 6.45) is 0. The van der Waals surface area contributed by atoms with E-state index in [0.29, 0.717) is 5.69 Å². The molecule has 2 aromatic carbocycles. The van der Waals surface area contributed by atoms with Crippen LogP contribution in [0.25, 0.3) is 0 Å². The summed E-state index contributed by atoms with van der Waals surface area (Å²) in [5.41, 5.74) is 0.588. The summed E-state index contributed by atoms with van der Waals surface area (Å²) in [4.78, 5) is 0. The summed E-state index contributed by atoms with van der Waals surface area (Å²) in [6, 6.07) is 7.40. The lowest BCUT2D eigenvalue weighted by Gasteiger charge is -2.10. The Kier molecular flexibility index (Phi) is 4.62. The van der Waals surface area contributed by atoms with Crippen LogP contribution >= 0.6 is 0 Å². The molecule has 0 fully saturated rings. The number of nitrogens with one attached hydrogen (secondary N) is 1. The third-order valence-corrected chi connectivity index (χ3v) is 2.60. The maximum absolute atomic E-state index is 13.0. The largest absolute Gasteiger partial charge is 0.435 e. The van der Waals surface area contributed by atoms with Crippen LogP contribution in [0.15, 0.2) is 36.4 Å². The lowest BCUT2D eigenvalue weighted by Crippen LogP contribution is -2.04. The molecule has 0 radical (unpaired) electrons. The van der Waals surface area contributed by atoms with Crippen LogP contribution < -0.4 is 10.1 Å². The summed E-state index contributed by atoms with van der Waals surface area (Å²) in [7, 11) is 0. The van der Waals surface area contributed by atoms with E-state index in [0.717, 1.165) is 12.1 Å². The van der Waals surface area contributed by atoms with E-state index in [-0.39, 0.29) is 17.9 Å². The molecule has 0 saturated carbocycles. The van der Waals surface area contributed by atoms with Crippen molar-refractivity contribution in [3.05, 3.63) is 59.4 Å². The molecule has 1 N–H and O–H groups in total. The molecular weight excluding hydrogens is 293 g/mol. The first-order valence-corrected chi connectivity index (χ1v) is 5.88. The minimum atomic E-state index is -2.94. The van der Waals surface area contributed by atoms with Gasteiger partial charge in [0, 0.05) is 18.3 Å². The molecule has 0 aliphatic rings. The van der Waals surface area contributed by atoms with E-state index in [9.17, 15) is 22.0 Å². The van der Waals surface area contributed by atoms with Crippen LogP contribution in [0.1, 0.15) is 5.56 Å². The zero-order valence-corrected chi connectivity index (χ0v) is 10.5. The molecule has 2 nitrogen and oxygen atoms in total. The molecule has 2 rings (SSSR count). The van der Waals surface area contributed by atoms with Gasteiger partial charge in [-0.15, -0.1) is 0 Å². The number of alkyl halides is 2. The topological polar surface area (TPSA) is 21.3 Å². The van der Waals surface area contributed by atoms with Crippen molar-refractivity contribution in [3.8, 4) is 5.75 Å². The van der Waals surface area contributed by atoms with Gasteiger partial charge in [0.1, 0.15) is 5.75 Å². The number of hydrogen-bond donors (Lipinski definition) is 1. The van der Waals surface area contributed by atoms with Crippen LogP contribution in [-0.4, -0.2) is 6.61 Å². The summed E-state index contributed by atoms with van der Waals surface area (Å²) in [5, 5.41) is 2.77. The lowest BCUT2D eigenvalue weighted by atomic mass is 10.2. The van der Waals surface area contributed by atoms with Gasteiger partial charge < -0.3 is 10.1 Å². The quantitative estimate of drug-likeness (QED) is 0.656. The highest BCUT2D eigenvalue weighted by Gasteiger charge is 2.10. The van der Waals surface area contributed by atoms with Gasteiger partial charge in [-0.2, -0.15) is 8.78 Å². The fourth-order valence-corrected chi connectivity index (χ4v) is 1.70. The van der Waals surface area contributed by atoms with E-state index in [2.05, 4.69) is 10.1 Å². The van der Waals surface area contributed by atoms with Gasteiger partial charge >= 0.3 is 6.61 Å². The maximum atomic E-state index is 13.0. The van der Waals surface area contributed by atoms with Gasteiger partial charge in [0.15, 0.2) is 17.5 Å². The average Bonchev–Trinajstić information content (AvgIpc) is 2.42. The van der Waals surface area contributed by atoms with Crippen molar-refractivity contribution in [2.45, 2.75) is 13.2 Å². The third-order valence-electron chi connectivity index (χ3n) is 2.60. The molecule has 0 aromatic heterocycles.